The summed E-state index contributed by atoms with van der Waals surface area (Å²) in [6.07, 6.45) is 10.2. The minimum Gasteiger partial charge on any atom is -0.378 e. The Bertz CT molecular complexity index is 1940. The molecule has 17 heteroatoms. The van der Waals surface area contributed by atoms with E-state index in [0.29, 0.717) is 93.9 Å². The van der Waals surface area contributed by atoms with Crippen molar-refractivity contribution >= 4 is 78.7 Å². The van der Waals surface area contributed by atoms with Crippen molar-refractivity contribution in [3.05, 3.63) is 101 Å². The number of carbonyl (C=O) groups is 3. The first-order chi connectivity index (χ1) is 28.6. The summed E-state index contributed by atoms with van der Waals surface area (Å²) < 4.78 is 16.4. The first-order valence-corrected chi connectivity index (χ1v) is 21.0. The van der Waals surface area contributed by atoms with E-state index in [0.717, 1.165) is 38.0 Å². The van der Waals surface area contributed by atoms with Gasteiger partial charge in [-0.15, -0.1) is 49.6 Å². The number of aromatic nitrogens is 1. The van der Waals surface area contributed by atoms with Crippen molar-refractivity contribution in [2.75, 3.05) is 96.2 Å². The molecule has 0 saturated heterocycles. The summed E-state index contributed by atoms with van der Waals surface area (Å²) >= 11 is 0. The fourth-order valence-corrected chi connectivity index (χ4v) is 7.40. The molecule has 63 heavy (non-hydrogen) atoms. The van der Waals surface area contributed by atoms with Gasteiger partial charge >= 0.3 is 0 Å². The zero-order valence-corrected chi connectivity index (χ0v) is 40.2. The second-order valence-corrected chi connectivity index (χ2v) is 15.2. The van der Waals surface area contributed by atoms with Crippen LogP contribution in [0.4, 0.5) is 11.4 Å². The van der Waals surface area contributed by atoms with Gasteiger partial charge in [-0.1, -0.05) is 42.5 Å². The molecule has 1 heterocycles. The molecule has 1 aromatic heterocycles. The van der Waals surface area contributed by atoms with Crippen molar-refractivity contribution in [1.82, 2.24) is 20.5 Å². The maximum absolute atomic E-state index is 14.2. The second kappa shape index (κ2) is 29.6. The number of hydrogen-bond donors (Lipinski definition) is 4. The molecule has 2 unspecified atom stereocenters. The summed E-state index contributed by atoms with van der Waals surface area (Å²) in [5.41, 5.74) is 10.7. The van der Waals surface area contributed by atoms with Crippen LogP contribution in [0.2, 0.25) is 0 Å². The number of nitrogens with zero attached hydrogens (tertiary/aromatic N) is 3. The van der Waals surface area contributed by atoms with E-state index in [4.69, 9.17) is 24.9 Å². The van der Waals surface area contributed by atoms with E-state index in [1.807, 2.05) is 50.4 Å². The van der Waals surface area contributed by atoms with Crippen molar-refractivity contribution in [2.24, 2.45) is 11.1 Å². The Morgan fingerprint density at radius 3 is 2.29 bits per heavy atom. The molecule has 0 spiro atoms. The van der Waals surface area contributed by atoms with E-state index >= 15 is 0 Å². The van der Waals surface area contributed by atoms with Crippen molar-refractivity contribution in [3.8, 4) is 11.3 Å². The molecule has 3 aromatic rings. The van der Waals surface area contributed by atoms with Crippen LogP contribution in [-0.2, 0) is 30.2 Å². The molecule has 2 atom stereocenters. The molecule has 5 rings (SSSR count). The van der Waals surface area contributed by atoms with Gasteiger partial charge in [0.05, 0.1) is 62.5 Å². The number of halogens is 4. The summed E-state index contributed by atoms with van der Waals surface area (Å²) in [6, 6.07) is 17.7. The molecule has 0 radical (unpaired) electrons. The first kappa shape index (κ1) is 57.3. The van der Waals surface area contributed by atoms with Gasteiger partial charge in [-0.2, -0.15) is 0 Å². The third-order valence-electron chi connectivity index (χ3n) is 10.9. The molecule has 2 aliphatic carbocycles. The number of aryl methyl sites for hydroxylation is 1. The summed E-state index contributed by atoms with van der Waals surface area (Å²) in [7, 11) is 1.98. The molecule has 0 fully saturated rings. The molecule has 13 nitrogen and oxygen atoms in total. The van der Waals surface area contributed by atoms with Crippen LogP contribution in [0, 0.1) is 5.41 Å². The Labute approximate surface area is 398 Å². The Morgan fingerprint density at radius 1 is 0.873 bits per heavy atom. The largest absolute Gasteiger partial charge is 0.378 e. The van der Waals surface area contributed by atoms with Gasteiger partial charge in [0.25, 0.3) is 5.91 Å². The number of ether oxygens (including phenoxy) is 3. The lowest BCUT2D eigenvalue weighted by atomic mass is 9.79. The fourth-order valence-electron chi connectivity index (χ4n) is 7.40. The minimum absolute atomic E-state index is 0. The first-order valence-electron chi connectivity index (χ1n) is 21.0. The molecule has 3 amide bonds. The zero-order chi connectivity index (χ0) is 42.0. The van der Waals surface area contributed by atoms with Crippen molar-refractivity contribution in [2.45, 2.75) is 52.5 Å². The number of hydrogen-bond acceptors (Lipinski definition) is 10. The lowest BCUT2D eigenvalue weighted by Crippen LogP contribution is -2.38. The predicted molar refractivity (Wildman–Crippen MR) is 262 cm³/mol. The molecule has 2 aliphatic rings. The van der Waals surface area contributed by atoms with Crippen molar-refractivity contribution in [1.29, 1.82) is 0 Å². The molecule has 0 aliphatic heterocycles. The van der Waals surface area contributed by atoms with Gasteiger partial charge in [-0.05, 0) is 95.0 Å². The number of likely N-dealkylation sites (N-methyl/N-ethyl adjacent to an activating group) is 1. The van der Waals surface area contributed by atoms with E-state index in [-0.39, 0.29) is 79.8 Å². The summed E-state index contributed by atoms with van der Waals surface area (Å²) in [5.74, 6) is -0.623. The quantitative estimate of drug-likeness (QED) is 0.0731. The number of carbonyl (C=O) groups excluding carboxylic acids is 3. The highest BCUT2D eigenvalue weighted by Gasteiger charge is 2.35. The number of rotatable bonds is 23. The van der Waals surface area contributed by atoms with Crippen LogP contribution in [-0.4, -0.2) is 114 Å². The van der Waals surface area contributed by atoms with E-state index in [1.165, 1.54) is 11.1 Å². The number of allylic oxidation sites excluding steroid dienone is 2. The summed E-state index contributed by atoms with van der Waals surface area (Å²) in [6.45, 7) is 13.0. The normalized spacial score (nSPS) is 16.2. The minimum atomic E-state index is -0.989. The third kappa shape index (κ3) is 17.0. The highest BCUT2D eigenvalue weighted by atomic mass is 35.5. The van der Waals surface area contributed by atoms with Gasteiger partial charge in [-0.3, -0.25) is 19.4 Å². The smallest absolute Gasteiger partial charge is 0.251 e. The number of anilines is 2. The lowest BCUT2D eigenvalue weighted by Gasteiger charge is -2.29. The van der Waals surface area contributed by atoms with Crippen LogP contribution < -0.4 is 26.6 Å². The third-order valence-corrected chi connectivity index (χ3v) is 10.9. The number of fused-ring (bicyclic) bond motifs is 1. The van der Waals surface area contributed by atoms with Crippen LogP contribution in [0.5, 0.6) is 0 Å². The monoisotopic (exact) mass is 953 g/mol. The fraction of sp³-hybridized carbons (Fsp3) is 0.478. The summed E-state index contributed by atoms with van der Waals surface area (Å²) in [5, 5.41) is 9.44. The highest BCUT2D eigenvalue weighted by Crippen LogP contribution is 2.37. The van der Waals surface area contributed by atoms with Crippen LogP contribution >= 0.6 is 49.6 Å². The second-order valence-electron chi connectivity index (χ2n) is 15.2. The lowest BCUT2D eigenvalue weighted by molar-refractivity contribution is -0.123. The van der Waals surface area contributed by atoms with Crippen LogP contribution in [0.25, 0.3) is 11.3 Å². The average molecular weight is 956 g/mol. The van der Waals surface area contributed by atoms with Crippen LogP contribution in [0.1, 0.15) is 67.6 Å². The standard InChI is InChI=1S/C46H63N7O6.4ClH/c1-5-53(6-2)37-16-17-41(39(32-37)42-31-35(18-21-48-42)44(55)50-40-15-9-12-34-11-7-8-14-38(34)40)51-45(56)46(3)19-10-13-36(33-46)43(54)49-22-23-52(4)24-26-58-28-30-59-29-27-57-25-20-47;;;;/h7-8,10-11,13-14,16-19,21,31-32,40H,5-6,9,12,15,20,22-30,33,47H2,1-4H3,(H,49,54)(H,50,55)(H,51,56);4*1H. The number of benzene rings is 2. The molecular formula is C46H67Cl4N7O6. The van der Waals surface area contributed by atoms with Gasteiger partial charge in [0.15, 0.2) is 0 Å². The average Bonchev–Trinajstić information content (AvgIpc) is 3.25. The predicted octanol–water partition coefficient (Wildman–Crippen LogP) is 6.98. The van der Waals surface area contributed by atoms with Gasteiger partial charge in [0.2, 0.25) is 11.8 Å². The van der Waals surface area contributed by atoms with E-state index < -0.39 is 5.41 Å². The molecule has 2 aromatic carbocycles. The molecular weight excluding hydrogens is 888 g/mol. The number of nitrogens with one attached hydrogen (secondary N) is 3. The van der Waals surface area contributed by atoms with E-state index in [2.05, 4.69) is 51.7 Å². The van der Waals surface area contributed by atoms with E-state index in [1.54, 1.807) is 30.5 Å². The maximum Gasteiger partial charge on any atom is 0.251 e. The van der Waals surface area contributed by atoms with Crippen LogP contribution in [0.3, 0.4) is 0 Å². The number of amides is 3. The Hall–Kier alpha value is -3.76. The zero-order valence-electron chi connectivity index (χ0n) is 36.9. The number of nitrogens with two attached hydrogens (primary N) is 1. The molecule has 0 saturated carbocycles. The molecule has 350 valence electrons. The van der Waals surface area contributed by atoms with Crippen molar-refractivity contribution in [3.63, 3.8) is 0 Å². The van der Waals surface area contributed by atoms with Crippen molar-refractivity contribution < 1.29 is 28.6 Å². The van der Waals surface area contributed by atoms with Gasteiger partial charge in [0, 0.05) is 67.9 Å². The maximum atomic E-state index is 14.2. The number of pyridine rings is 1. The SMILES string of the molecule is CCN(CC)c1ccc(NC(=O)C2(C)C=CC=C(C(=O)NCCN(C)CCOCCOCCOCCN)C2)c(-c2cc(C(=O)NC3CCCc4ccccc43)ccn2)c1.Cl.Cl.Cl.Cl. The Balaban J connectivity index is 0.00000496. The topological polar surface area (TPSA) is 160 Å². The van der Waals surface area contributed by atoms with Gasteiger partial charge < -0.3 is 45.7 Å². The molecule has 5 N–H and O–H groups in total. The molecule has 0 bridgehead atoms. The summed E-state index contributed by atoms with van der Waals surface area (Å²) in [4.78, 5) is 50.2. The van der Waals surface area contributed by atoms with E-state index in [9.17, 15) is 14.4 Å². The van der Waals surface area contributed by atoms with Gasteiger partial charge in [0.1, 0.15) is 0 Å². The Kier molecular flexibility index (Phi) is 26.9. The van der Waals surface area contributed by atoms with Crippen LogP contribution in [0.15, 0.2) is 84.6 Å². The van der Waals surface area contributed by atoms with Gasteiger partial charge in [-0.25, -0.2) is 0 Å². The highest BCUT2D eigenvalue weighted by molar-refractivity contribution is 6.03. The Morgan fingerprint density at radius 2 is 1.57 bits per heavy atom.